The van der Waals surface area contributed by atoms with Crippen molar-refractivity contribution in [3.8, 4) is 6.07 Å². The Morgan fingerprint density at radius 2 is 2.00 bits per heavy atom. The first kappa shape index (κ1) is 14.4. The van der Waals surface area contributed by atoms with Crippen molar-refractivity contribution < 1.29 is 9.84 Å². The molecule has 0 aromatic carbocycles. The third kappa shape index (κ3) is 3.95. The average molecular weight is 240 g/mol. The van der Waals surface area contributed by atoms with Crippen molar-refractivity contribution in [3.63, 3.8) is 0 Å². The number of β-amino-alcohol motifs (C(OH)–C–C–N with tert-alkyl or cyclic N) is 1. The normalized spacial score (nSPS) is 23.9. The summed E-state index contributed by atoms with van der Waals surface area (Å²) >= 11 is 0. The Morgan fingerprint density at radius 1 is 1.41 bits per heavy atom. The molecule has 0 bridgehead atoms. The molecule has 0 aromatic heterocycles. The van der Waals surface area contributed by atoms with Gasteiger partial charge in [-0.05, 0) is 20.3 Å². The first-order valence-electron chi connectivity index (χ1n) is 6.47. The number of aliphatic hydroxyl groups is 1. The Morgan fingerprint density at radius 3 is 2.41 bits per heavy atom. The van der Waals surface area contributed by atoms with E-state index in [1.165, 1.54) is 0 Å². The van der Waals surface area contributed by atoms with Crippen molar-refractivity contribution in [2.45, 2.75) is 51.2 Å². The van der Waals surface area contributed by atoms with Gasteiger partial charge in [0.1, 0.15) is 0 Å². The topological polar surface area (TPSA) is 56.5 Å². The molecular formula is C13H24N2O2. The first-order valence-corrected chi connectivity index (χ1v) is 6.47. The van der Waals surface area contributed by atoms with Gasteiger partial charge in [-0.2, -0.15) is 5.26 Å². The van der Waals surface area contributed by atoms with E-state index >= 15 is 0 Å². The molecule has 1 saturated heterocycles. The van der Waals surface area contributed by atoms with E-state index < -0.39 is 11.2 Å². The van der Waals surface area contributed by atoms with Crippen LogP contribution in [0.5, 0.6) is 0 Å². The van der Waals surface area contributed by atoms with Crippen LogP contribution in [0.3, 0.4) is 0 Å². The summed E-state index contributed by atoms with van der Waals surface area (Å²) in [6.45, 7) is 8.68. The lowest BCUT2D eigenvalue weighted by atomic mass is 9.91. The second kappa shape index (κ2) is 5.81. The van der Waals surface area contributed by atoms with Crippen molar-refractivity contribution in [1.29, 1.82) is 5.26 Å². The predicted octanol–water partition coefficient (Wildman–Crippen LogP) is 1.54. The molecule has 17 heavy (non-hydrogen) atoms. The highest BCUT2D eigenvalue weighted by molar-refractivity contribution is 5.05. The maximum absolute atomic E-state index is 10.0. The number of nitriles is 1. The standard InChI is InChI=1S/C13H24N2O2/c1-4-12(3,16)11-15-8-6-13(10-14,7-9-15)17-5-2/h16H,4-9,11H2,1-3H3. The molecule has 0 aliphatic carbocycles. The van der Waals surface area contributed by atoms with Gasteiger partial charge >= 0.3 is 0 Å². The molecule has 1 aliphatic rings. The summed E-state index contributed by atoms with van der Waals surface area (Å²) in [7, 11) is 0. The fraction of sp³-hybridized carbons (Fsp3) is 0.923. The van der Waals surface area contributed by atoms with E-state index in [4.69, 9.17) is 4.74 Å². The predicted molar refractivity (Wildman–Crippen MR) is 66.6 cm³/mol. The Bertz CT molecular complexity index is 276. The summed E-state index contributed by atoms with van der Waals surface area (Å²) in [4.78, 5) is 2.22. The van der Waals surface area contributed by atoms with Gasteiger partial charge in [0.2, 0.25) is 0 Å². The van der Waals surface area contributed by atoms with E-state index in [9.17, 15) is 10.4 Å². The van der Waals surface area contributed by atoms with Crippen molar-refractivity contribution in [3.05, 3.63) is 0 Å². The fourth-order valence-corrected chi connectivity index (χ4v) is 2.23. The molecular weight excluding hydrogens is 216 g/mol. The Balaban J connectivity index is 2.48. The van der Waals surface area contributed by atoms with Crippen LogP contribution in [0.15, 0.2) is 0 Å². The lowest BCUT2D eigenvalue weighted by Crippen LogP contribution is -2.49. The summed E-state index contributed by atoms with van der Waals surface area (Å²) in [6.07, 6.45) is 2.21. The highest BCUT2D eigenvalue weighted by atomic mass is 16.5. The maximum atomic E-state index is 10.0. The second-order valence-electron chi connectivity index (χ2n) is 5.17. The van der Waals surface area contributed by atoms with Crippen LogP contribution in [0.4, 0.5) is 0 Å². The quantitative estimate of drug-likeness (QED) is 0.792. The molecule has 0 radical (unpaired) electrons. The average Bonchev–Trinajstić information content (AvgIpc) is 2.32. The van der Waals surface area contributed by atoms with Crippen LogP contribution in [0.1, 0.15) is 40.0 Å². The van der Waals surface area contributed by atoms with Gasteiger partial charge in [-0.3, -0.25) is 0 Å². The van der Waals surface area contributed by atoms with Crippen molar-refractivity contribution in [2.24, 2.45) is 0 Å². The highest BCUT2D eigenvalue weighted by Crippen LogP contribution is 2.26. The summed E-state index contributed by atoms with van der Waals surface area (Å²) in [5.74, 6) is 0. The molecule has 4 nitrogen and oxygen atoms in total. The Kier molecular flexibility index (Phi) is 4.93. The number of likely N-dealkylation sites (tertiary alicyclic amines) is 1. The van der Waals surface area contributed by atoms with Crippen molar-refractivity contribution in [2.75, 3.05) is 26.2 Å². The molecule has 1 heterocycles. The molecule has 1 aliphatic heterocycles. The second-order valence-corrected chi connectivity index (χ2v) is 5.17. The fourth-order valence-electron chi connectivity index (χ4n) is 2.23. The van der Waals surface area contributed by atoms with E-state index in [1.807, 2.05) is 20.8 Å². The van der Waals surface area contributed by atoms with Crippen LogP contribution < -0.4 is 0 Å². The van der Waals surface area contributed by atoms with Gasteiger partial charge in [-0.15, -0.1) is 0 Å². The summed E-state index contributed by atoms with van der Waals surface area (Å²) in [5.41, 5.74) is -1.22. The summed E-state index contributed by atoms with van der Waals surface area (Å²) < 4.78 is 5.57. The molecule has 0 aromatic rings. The van der Waals surface area contributed by atoms with Gasteiger partial charge in [0, 0.05) is 39.1 Å². The van der Waals surface area contributed by atoms with Crippen molar-refractivity contribution >= 4 is 0 Å². The van der Waals surface area contributed by atoms with E-state index in [0.717, 1.165) is 32.4 Å². The minimum atomic E-state index is -0.627. The minimum absolute atomic E-state index is 0.584. The largest absolute Gasteiger partial charge is 0.389 e. The molecule has 1 atom stereocenters. The van der Waals surface area contributed by atoms with E-state index in [0.29, 0.717) is 13.2 Å². The summed E-state index contributed by atoms with van der Waals surface area (Å²) in [6, 6.07) is 2.30. The molecule has 98 valence electrons. The molecule has 1 N–H and O–H groups in total. The minimum Gasteiger partial charge on any atom is -0.389 e. The van der Waals surface area contributed by atoms with Crippen LogP contribution in [-0.2, 0) is 4.74 Å². The smallest absolute Gasteiger partial charge is 0.156 e. The zero-order valence-electron chi connectivity index (χ0n) is 11.2. The van der Waals surface area contributed by atoms with Crippen LogP contribution in [0.25, 0.3) is 0 Å². The van der Waals surface area contributed by atoms with Gasteiger partial charge in [-0.25, -0.2) is 0 Å². The number of hydrogen-bond donors (Lipinski definition) is 1. The number of ether oxygens (including phenoxy) is 1. The monoisotopic (exact) mass is 240 g/mol. The Labute approximate surface area is 104 Å². The number of piperidine rings is 1. The van der Waals surface area contributed by atoms with Gasteiger partial charge < -0.3 is 14.7 Å². The van der Waals surface area contributed by atoms with Gasteiger partial charge in [-0.1, -0.05) is 6.92 Å². The van der Waals surface area contributed by atoms with Gasteiger partial charge in [0.25, 0.3) is 0 Å². The lowest BCUT2D eigenvalue weighted by Gasteiger charge is -2.39. The van der Waals surface area contributed by atoms with E-state index in [-0.39, 0.29) is 0 Å². The summed E-state index contributed by atoms with van der Waals surface area (Å²) in [5, 5.41) is 19.2. The molecule has 4 heteroatoms. The van der Waals surface area contributed by atoms with Gasteiger partial charge in [0.05, 0.1) is 11.7 Å². The van der Waals surface area contributed by atoms with Gasteiger partial charge in [0.15, 0.2) is 5.60 Å². The van der Waals surface area contributed by atoms with Crippen LogP contribution in [0, 0.1) is 11.3 Å². The van der Waals surface area contributed by atoms with Crippen LogP contribution >= 0.6 is 0 Å². The molecule has 0 spiro atoms. The Hall–Kier alpha value is -0.630. The highest BCUT2D eigenvalue weighted by Gasteiger charge is 2.36. The van der Waals surface area contributed by atoms with Crippen LogP contribution in [0.2, 0.25) is 0 Å². The maximum Gasteiger partial charge on any atom is 0.156 e. The SMILES string of the molecule is CCOC1(C#N)CCN(CC(C)(O)CC)CC1. The zero-order chi connectivity index (χ0) is 12.9. The first-order chi connectivity index (χ1) is 7.97. The number of hydrogen-bond acceptors (Lipinski definition) is 4. The third-order valence-corrected chi connectivity index (χ3v) is 3.61. The van der Waals surface area contributed by atoms with E-state index in [2.05, 4.69) is 11.0 Å². The third-order valence-electron chi connectivity index (χ3n) is 3.61. The number of nitrogens with zero attached hydrogens (tertiary/aromatic N) is 2. The van der Waals surface area contributed by atoms with Crippen LogP contribution in [-0.4, -0.2) is 47.4 Å². The molecule has 1 fully saturated rings. The zero-order valence-corrected chi connectivity index (χ0v) is 11.2. The molecule has 0 saturated carbocycles. The number of rotatable bonds is 5. The lowest BCUT2D eigenvalue weighted by molar-refractivity contribution is -0.0561. The molecule has 1 rings (SSSR count). The molecule has 1 unspecified atom stereocenters. The molecule has 0 amide bonds. The van der Waals surface area contributed by atoms with Crippen molar-refractivity contribution in [1.82, 2.24) is 4.90 Å². The van der Waals surface area contributed by atoms with E-state index in [1.54, 1.807) is 0 Å².